The largest absolute Gasteiger partial charge is 0.389 e. The van der Waals surface area contributed by atoms with Gasteiger partial charge < -0.3 is 25.4 Å². The lowest BCUT2D eigenvalue weighted by Crippen LogP contribution is -2.53. The molecule has 0 unspecified atom stereocenters. The molecule has 4 heterocycles. The van der Waals surface area contributed by atoms with E-state index in [1.54, 1.807) is 11.3 Å². The van der Waals surface area contributed by atoms with E-state index in [1.807, 2.05) is 23.7 Å². The first-order valence-electron chi connectivity index (χ1n) is 13.7. The number of piperidine rings is 1. The molecule has 2 fully saturated rings. The third-order valence-electron chi connectivity index (χ3n) is 8.15. The summed E-state index contributed by atoms with van der Waals surface area (Å²) >= 11 is 6.96. The summed E-state index contributed by atoms with van der Waals surface area (Å²) in [6, 6.07) is 15.2. The van der Waals surface area contributed by atoms with Gasteiger partial charge in [-0.25, -0.2) is 4.98 Å². The zero-order chi connectivity index (χ0) is 26.9. The van der Waals surface area contributed by atoms with Gasteiger partial charge in [-0.15, -0.1) is 11.3 Å². The minimum atomic E-state index is 0.105. The van der Waals surface area contributed by atoms with Crippen molar-refractivity contribution < 1.29 is 4.79 Å². The Labute approximate surface area is 238 Å². The molecular formula is C30H34N6OS2. The number of benzene rings is 2. The van der Waals surface area contributed by atoms with Crippen LogP contribution >= 0.6 is 23.6 Å². The van der Waals surface area contributed by atoms with Crippen LogP contribution in [-0.2, 0) is 11.3 Å². The summed E-state index contributed by atoms with van der Waals surface area (Å²) in [5.41, 5.74) is 11.4. The second kappa shape index (κ2) is 11.1. The minimum Gasteiger partial charge on any atom is -0.389 e. The Hall–Kier alpha value is -3.27. The number of thiocarbonyl (C=S) groups is 1. The van der Waals surface area contributed by atoms with E-state index in [-0.39, 0.29) is 11.8 Å². The van der Waals surface area contributed by atoms with Crippen molar-refractivity contribution in [1.82, 2.24) is 19.8 Å². The van der Waals surface area contributed by atoms with E-state index in [4.69, 9.17) is 18.0 Å². The summed E-state index contributed by atoms with van der Waals surface area (Å²) in [5, 5.41) is 7.52. The number of fused-ring (bicyclic) bond motifs is 1. The maximum Gasteiger partial charge on any atom is 0.225 e. The number of carbonyl (C=O) groups excluding carboxylic acids is 1. The number of carbonyl (C=O) groups is 1. The molecule has 0 atom stereocenters. The van der Waals surface area contributed by atoms with Crippen molar-refractivity contribution in [2.24, 2.45) is 11.7 Å². The Kier molecular flexibility index (Phi) is 7.38. The van der Waals surface area contributed by atoms with Crippen LogP contribution in [0.2, 0.25) is 0 Å². The van der Waals surface area contributed by atoms with Crippen molar-refractivity contribution in [3.8, 4) is 11.1 Å². The van der Waals surface area contributed by atoms with E-state index in [0.29, 0.717) is 17.6 Å². The van der Waals surface area contributed by atoms with E-state index in [2.05, 4.69) is 68.1 Å². The maximum absolute atomic E-state index is 12.7. The van der Waals surface area contributed by atoms with Crippen LogP contribution < -0.4 is 16.0 Å². The molecule has 2 aromatic heterocycles. The predicted octanol–water partition coefficient (Wildman–Crippen LogP) is 4.81. The van der Waals surface area contributed by atoms with Gasteiger partial charge in [-0.3, -0.25) is 4.79 Å². The first-order chi connectivity index (χ1) is 19.0. The molecule has 2 aliphatic rings. The summed E-state index contributed by atoms with van der Waals surface area (Å²) in [4.78, 5) is 22.3. The molecule has 3 N–H and O–H groups in total. The molecular weight excluding hydrogens is 525 g/mol. The van der Waals surface area contributed by atoms with Crippen molar-refractivity contribution in [1.29, 1.82) is 0 Å². The fraction of sp³-hybridized carbons (Fsp3) is 0.367. The summed E-state index contributed by atoms with van der Waals surface area (Å²) < 4.78 is 2.45. The number of hydrogen-bond acceptors (Lipinski definition) is 6. The highest BCUT2D eigenvalue weighted by molar-refractivity contribution is 7.80. The third-order valence-corrected chi connectivity index (χ3v) is 9.21. The molecule has 0 bridgehead atoms. The first-order valence-corrected chi connectivity index (χ1v) is 15.0. The number of aromatic nitrogens is 2. The Morgan fingerprint density at radius 1 is 1.18 bits per heavy atom. The van der Waals surface area contributed by atoms with Gasteiger partial charge in [-0.2, -0.15) is 0 Å². The predicted molar refractivity (Wildman–Crippen MR) is 163 cm³/mol. The maximum atomic E-state index is 12.7. The third kappa shape index (κ3) is 5.31. The van der Waals surface area contributed by atoms with Crippen LogP contribution in [0.1, 0.15) is 36.9 Å². The standard InChI is InChI=1S/C30H34N6OS2/c1-2-34-17-23(18-34)29(37)33-16-20-6-7-25-26(21-4-3-5-22(15-21)28(31)38)19-36(27(25)14-20)24-8-11-35(12-9-24)30-32-10-13-39-30/h3-7,10,13-15,19,23-24H,2,8-9,11-12,16-18H2,1H3,(H2,31,38)(H,33,37). The molecule has 0 saturated carbocycles. The van der Waals surface area contributed by atoms with Gasteiger partial charge in [-0.05, 0) is 42.6 Å². The van der Waals surface area contributed by atoms with Gasteiger partial charge in [-0.1, -0.05) is 49.5 Å². The summed E-state index contributed by atoms with van der Waals surface area (Å²) in [7, 11) is 0. The lowest BCUT2D eigenvalue weighted by molar-refractivity contribution is -0.130. The summed E-state index contributed by atoms with van der Waals surface area (Å²) in [6.45, 7) is 7.36. The molecule has 2 aromatic carbocycles. The zero-order valence-electron chi connectivity index (χ0n) is 22.2. The van der Waals surface area contributed by atoms with Crippen LogP contribution in [0.3, 0.4) is 0 Å². The van der Waals surface area contributed by atoms with E-state index in [0.717, 1.165) is 67.4 Å². The van der Waals surface area contributed by atoms with Gasteiger partial charge in [0.2, 0.25) is 5.91 Å². The monoisotopic (exact) mass is 558 g/mol. The second-order valence-corrected chi connectivity index (χ2v) is 11.9. The fourth-order valence-electron chi connectivity index (χ4n) is 5.81. The van der Waals surface area contributed by atoms with Gasteiger partial charge in [0, 0.05) is 78.6 Å². The summed E-state index contributed by atoms with van der Waals surface area (Å²) in [6.07, 6.45) is 6.27. The number of hydrogen-bond donors (Lipinski definition) is 2. The van der Waals surface area contributed by atoms with Crippen molar-refractivity contribution in [3.63, 3.8) is 0 Å². The highest BCUT2D eigenvalue weighted by Crippen LogP contribution is 2.37. The molecule has 0 spiro atoms. The van der Waals surface area contributed by atoms with E-state index >= 15 is 0 Å². The smallest absolute Gasteiger partial charge is 0.225 e. The van der Waals surface area contributed by atoms with Crippen LogP contribution in [0.4, 0.5) is 5.13 Å². The van der Waals surface area contributed by atoms with Gasteiger partial charge in [0.15, 0.2) is 5.13 Å². The van der Waals surface area contributed by atoms with Crippen LogP contribution in [-0.4, -0.2) is 58.1 Å². The average molecular weight is 559 g/mol. The molecule has 7 nitrogen and oxygen atoms in total. The molecule has 202 valence electrons. The van der Waals surface area contributed by atoms with E-state index in [1.165, 1.54) is 16.5 Å². The second-order valence-electron chi connectivity index (χ2n) is 10.5. The normalized spacial score (nSPS) is 16.9. The number of nitrogens with one attached hydrogen (secondary N) is 1. The van der Waals surface area contributed by atoms with Crippen LogP contribution in [0.25, 0.3) is 22.0 Å². The lowest BCUT2D eigenvalue weighted by atomic mass is 9.99. The van der Waals surface area contributed by atoms with Crippen molar-refractivity contribution in [3.05, 3.63) is 71.4 Å². The summed E-state index contributed by atoms with van der Waals surface area (Å²) in [5.74, 6) is 0.257. The zero-order valence-corrected chi connectivity index (χ0v) is 23.8. The molecule has 0 aliphatic carbocycles. The molecule has 39 heavy (non-hydrogen) atoms. The number of nitrogens with two attached hydrogens (primary N) is 1. The molecule has 9 heteroatoms. The number of rotatable bonds is 8. The topological polar surface area (TPSA) is 79.4 Å². The Bertz CT molecular complexity index is 1480. The van der Waals surface area contributed by atoms with E-state index in [9.17, 15) is 4.79 Å². The number of anilines is 1. The Morgan fingerprint density at radius 2 is 2.00 bits per heavy atom. The highest BCUT2D eigenvalue weighted by atomic mass is 32.1. The van der Waals surface area contributed by atoms with Crippen molar-refractivity contribution >= 4 is 50.5 Å². The Morgan fingerprint density at radius 3 is 2.72 bits per heavy atom. The van der Waals surface area contributed by atoms with Crippen molar-refractivity contribution in [2.75, 3.05) is 37.6 Å². The molecule has 4 aromatic rings. The minimum absolute atomic E-state index is 0.105. The number of amides is 1. The average Bonchev–Trinajstić information content (AvgIpc) is 3.60. The van der Waals surface area contributed by atoms with Crippen LogP contribution in [0.15, 0.2) is 60.2 Å². The van der Waals surface area contributed by atoms with Crippen molar-refractivity contribution in [2.45, 2.75) is 32.4 Å². The van der Waals surface area contributed by atoms with Gasteiger partial charge in [0.05, 0.1) is 5.92 Å². The number of thiazole rings is 1. The van der Waals surface area contributed by atoms with Gasteiger partial charge in [0.1, 0.15) is 4.99 Å². The number of likely N-dealkylation sites (tertiary alicyclic amines) is 1. The molecule has 1 amide bonds. The molecule has 6 rings (SSSR count). The SMILES string of the molecule is CCN1CC(C(=O)NCc2ccc3c(-c4cccc(C(N)=S)c4)cn(C4CCN(c5nccs5)CC4)c3c2)C1. The van der Waals surface area contributed by atoms with Crippen LogP contribution in [0.5, 0.6) is 0 Å². The molecule has 2 saturated heterocycles. The highest BCUT2D eigenvalue weighted by Gasteiger charge is 2.31. The fourth-order valence-corrected chi connectivity index (χ4v) is 6.64. The Balaban J connectivity index is 1.29. The quantitative estimate of drug-likeness (QED) is 0.302. The number of nitrogens with zero attached hydrogens (tertiary/aromatic N) is 4. The van der Waals surface area contributed by atoms with Gasteiger partial charge >= 0.3 is 0 Å². The molecule has 2 aliphatic heterocycles. The molecule has 0 radical (unpaired) electrons. The van der Waals surface area contributed by atoms with Gasteiger partial charge in [0.25, 0.3) is 0 Å². The van der Waals surface area contributed by atoms with E-state index < -0.39 is 0 Å². The lowest BCUT2D eigenvalue weighted by Gasteiger charge is -2.37. The van der Waals surface area contributed by atoms with Crippen LogP contribution in [0, 0.1) is 5.92 Å². The first kappa shape index (κ1) is 26.0.